The number of hydrogen-bond donors (Lipinski definition) is 1. The lowest BCUT2D eigenvalue weighted by atomic mass is 10.0. The SMILES string of the molecule is O=C(C1CCCC1O)N1CCN(Cc2cn3ccccc3n2)CC1. The summed E-state index contributed by atoms with van der Waals surface area (Å²) in [5.41, 5.74) is 2.03. The summed E-state index contributed by atoms with van der Waals surface area (Å²) in [7, 11) is 0. The Morgan fingerprint density at radius 2 is 2.04 bits per heavy atom. The van der Waals surface area contributed by atoms with Gasteiger partial charge in [-0.1, -0.05) is 6.07 Å². The monoisotopic (exact) mass is 328 g/mol. The molecule has 24 heavy (non-hydrogen) atoms. The highest BCUT2D eigenvalue weighted by Gasteiger charge is 2.35. The van der Waals surface area contributed by atoms with Gasteiger partial charge in [0.25, 0.3) is 0 Å². The molecule has 1 saturated carbocycles. The first-order valence-electron chi connectivity index (χ1n) is 8.82. The number of amides is 1. The van der Waals surface area contributed by atoms with Crippen molar-refractivity contribution in [1.82, 2.24) is 19.2 Å². The average molecular weight is 328 g/mol. The van der Waals surface area contributed by atoms with E-state index in [4.69, 9.17) is 0 Å². The lowest BCUT2D eigenvalue weighted by molar-refractivity contribution is -0.140. The Hall–Kier alpha value is -1.92. The maximum Gasteiger partial charge on any atom is 0.228 e. The van der Waals surface area contributed by atoms with E-state index in [0.717, 1.165) is 63.3 Å². The first-order valence-corrected chi connectivity index (χ1v) is 8.82. The molecule has 2 aliphatic rings. The molecule has 1 aliphatic carbocycles. The molecule has 1 N–H and O–H groups in total. The van der Waals surface area contributed by atoms with Crippen LogP contribution >= 0.6 is 0 Å². The van der Waals surface area contributed by atoms with Gasteiger partial charge in [0.2, 0.25) is 5.91 Å². The molecule has 1 amide bonds. The minimum Gasteiger partial charge on any atom is -0.392 e. The van der Waals surface area contributed by atoms with Gasteiger partial charge in [-0.25, -0.2) is 4.98 Å². The highest BCUT2D eigenvalue weighted by molar-refractivity contribution is 5.79. The zero-order valence-electron chi connectivity index (χ0n) is 13.8. The third-order valence-corrected chi connectivity index (χ3v) is 5.28. The number of fused-ring (bicyclic) bond motifs is 1. The Labute approximate surface area is 141 Å². The molecule has 2 aromatic heterocycles. The van der Waals surface area contributed by atoms with Gasteiger partial charge in [0, 0.05) is 45.1 Å². The number of pyridine rings is 1. The predicted molar refractivity (Wildman–Crippen MR) is 90.4 cm³/mol. The zero-order valence-corrected chi connectivity index (χ0v) is 13.8. The van der Waals surface area contributed by atoms with Crippen molar-refractivity contribution in [3.63, 3.8) is 0 Å². The largest absolute Gasteiger partial charge is 0.392 e. The van der Waals surface area contributed by atoms with Crippen LogP contribution in [0, 0.1) is 5.92 Å². The Bertz CT molecular complexity index is 688. The van der Waals surface area contributed by atoms with Crippen LogP contribution in [-0.2, 0) is 11.3 Å². The van der Waals surface area contributed by atoms with E-state index >= 15 is 0 Å². The maximum absolute atomic E-state index is 12.5. The summed E-state index contributed by atoms with van der Waals surface area (Å²) < 4.78 is 2.04. The molecular weight excluding hydrogens is 304 g/mol. The van der Waals surface area contributed by atoms with E-state index in [2.05, 4.69) is 16.1 Å². The van der Waals surface area contributed by atoms with Gasteiger partial charge in [0.1, 0.15) is 5.65 Å². The Balaban J connectivity index is 1.33. The molecule has 0 bridgehead atoms. The number of nitrogens with zero attached hydrogens (tertiary/aromatic N) is 4. The van der Waals surface area contributed by atoms with Crippen LogP contribution in [0.25, 0.3) is 5.65 Å². The van der Waals surface area contributed by atoms with Gasteiger partial charge in [-0.2, -0.15) is 0 Å². The summed E-state index contributed by atoms with van der Waals surface area (Å²) in [6.07, 6.45) is 6.21. The fourth-order valence-electron chi connectivity index (χ4n) is 3.88. The third-order valence-electron chi connectivity index (χ3n) is 5.28. The fraction of sp³-hybridized carbons (Fsp3) is 0.556. The molecule has 0 spiro atoms. The summed E-state index contributed by atoms with van der Waals surface area (Å²) in [6.45, 7) is 4.03. The smallest absolute Gasteiger partial charge is 0.228 e. The number of aliphatic hydroxyl groups is 1. The van der Waals surface area contributed by atoms with Gasteiger partial charge >= 0.3 is 0 Å². The molecule has 2 atom stereocenters. The highest BCUT2D eigenvalue weighted by Crippen LogP contribution is 2.27. The van der Waals surface area contributed by atoms with Gasteiger partial charge in [0.05, 0.1) is 17.7 Å². The Kier molecular flexibility index (Phi) is 4.24. The summed E-state index contributed by atoms with van der Waals surface area (Å²) in [6, 6.07) is 6.00. The molecule has 0 radical (unpaired) electrons. The molecule has 128 valence electrons. The number of imidazole rings is 1. The maximum atomic E-state index is 12.5. The van der Waals surface area contributed by atoms with Crippen molar-refractivity contribution < 1.29 is 9.90 Å². The molecule has 3 heterocycles. The number of aliphatic hydroxyl groups excluding tert-OH is 1. The van der Waals surface area contributed by atoms with Gasteiger partial charge in [-0.15, -0.1) is 0 Å². The number of piperazine rings is 1. The molecule has 6 nitrogen and oxygen atoms in total. The van der Waals surface area contributed by atoms with Crippen LogP contribution in [0.5, 0.6) is 0 Å². The topological polar surface area (TPSA) is 61.1 Å². The molecule has 4 rings (SSSR count). The van der Waals surface area contributed by atoms with E-state index in [1.807, 2.05) is 33.7 Å². The lowest BCUT2D eigenvalue weighted by Crippen LogP contribution is -2.50. The fourth-order valence-corrected chi connectivity index (χ4v) is 3.88. The molecule has 6 heteroatoms. The van der Waals surface area contributed by atoms with Crippen LogP contribution in [0.15, 0.2) is 30.6 Å². The van der Waals surface area contributed by atoms with Crippen molar-refractivity contribution in [3.8, 4) is 0 Å². The first kappa shape index (κ1) is 15.6. The number of aromatic nitrogens is 2. The van der Waals surface area contributed by atoms with Crippen molar-refractivity contribution >= 4 is 11.6 Å². The second kappa shape index (κ2) is 6.53. The van der Waals surface area contributed by atoms with E-state index < -0.39 is 6.10 Å². The molecular formula is C18H24N4O2. The van der Waals surface area contributed by atoms with E-state index in [1.54, 1.807) is 0 Å². The van der Waals surface area contributed by atoms with Crippen molar-refractivity contribution in [2.45, 2.75) is 31.9 Å². The summed E-state index contributed by atoms with van der Waals surface area (Å²) in [4.78, 5) is 21.4. The molecule has 0 aromatic carbocycles. The highest BCUT2D eigenvalue weighted by atomic mass is 16.3. The van der Waals surface area contributed by atoms with Crippen LogP contribution in [0.2, 0.25) is 0 Å². The third kappa shape index (κ3) is 3.03. The Morgan fingerprint density at radius 1 is 1.21 bits per heavy atom. The summed E-state index contributed by atoms with van der Waals surface area (Å²) in [5, 5.41) is 9.94. The van der Waals surface area contributed by atoms with Crippen molar-refractivity contribution in [1.29, 1.82) is 0 Å². The number of carbonyl (C=O) groups is 1. The number of rotatable bonds is 3. The zero-order chi connectivity index (χ0) is 16.5. The van der Waals surface area contributed by atoms with Crippen LogP contribution < -0.4 is 0 Å². The van der Waals surface area contributed by atoms with E-state index in [9.17, 15) is 9.90 Å². The van der Waals surface area contributed by atoms with Crippen LogP contribution in [0.1, 0.15) is 25.0 Å². The predicted octanol–water partition coefficient (Wildman–Crippen LogP) is 1.14. The van der Waals surface area contributed by atoms with Crippen LogP contribution in [-0.4, -0.2) is 62.5 Å². The van der Waals surface area contributed by atoms with E-state index in [-0.39, 0.29) is 11.8 Å². The normalized spacial score (nSPS) is 25.5. The molecule has 2 aromatic rings. The standard InChI is InChI=1S/C18H24N4O2/c23-16-5-3-4-15(16)18(24)21-10-8-20(9-11-21)12-14-13-22-7-2-1-6-17(22)19-14/h1-2,6-7,13,15-16,23H,3-5,8-12H2. The Morgan fingerprint density at radius 3 is 2.75 bits per heavy atom. The molecule has 2 unspecified atom stereocenters. The molecule has 2 fully saturated rings. The molecule has 1 saturated heterocycles. The van der Waals surface area contributed by atoms with Gasteiger partial charge in [-0.05, 0) is 31.4 Å². The van der Waals surface area contributed by atoms with Gasteiger partial charge in [0.15, 0.2) is 0 Å². The van der Waals surface area contributed by atoms with Gasteiger partial charge in [-0.3, -0.25) is 9.69 Å². The van der Waals surface area contributed by atoms with Crippen molar-refractivity contribution in [2.75, 3.05) is 26.2 Å². The van der Waals surface area contributed by atoms with Crippen molar-refractivity contribution in [2.24, 2.45) is 5.92 Å². The van der Waals surface area contributed by atoms with Crippen LogP contribution in [0.4, 0.5) is 0 Å². The second-order valence-electron chi connectivity index (χ2n) is 6.90. The minimum absolute atomic E-state index is 0.146. The van der Waals surface area contributed by atoms with Gasteiger partial charge < -0.3 is 14.4 Å². The second-order valence-corrected chi connectivity index (χ2v) is 6.90. The number of carbonyl (C=O) groups excluding carboxylic acids is 1. The van der Waals surface area contributed by atoms with Crippen LogP contribution in [0.3, 0.4) is 0 Å². The van der Waals surface area contributed by atoms with Crippen molar-refractivity contribution in [3.05, 3.63) is 36.3 Å². The molecule has 1 aliphatic heterocycles. The minimum atomic E-state index is -0.437. The summed E-state index contributed by atoms with van der Waals surface area (Å²) in [5.74, 6) is -0.0256. The first-order chi connectivity index (χ1) is 11.7. The average Bonchev–Trinajstić information content (AvgIpc) is 3.20. The summed E-state index contributed by atoms with van der Waals surface area (Å²) >= 11 is 0. The quantitative estimate of drug-likeness (QED) is 0.918. The number of hydrogen-bond acceptors (Lipinski definition) is 4. The van der Waals surface area contributed by atoms with E-state index in [1.165, 1.54) is 0 Å². The lowest BCUT2D eigenvalue weighted by Gasteiger charge is -2.36. The van der Waals surface area contributed by atoms with E-state index in [0.29, 0.717) is 0 Å².